The summed E-state index contributed by atoms with van der Waals surface area (Å²) in [5.41, 5.74) is 3.69. The van der Waals surface area contributed by atoms with Gasteiger partial charge in [0.1, 0.15) is 28.8 Å². The summed E-state index contributed by atoms with van der Waals surface area (Å²) in [5, 5.41) is 0. The van der Waals surface area contributed by atoms with Crippen LogP contribution in [-0.2, 0) is 32.4 Å². The molecule has 6 rings (SSSR count). The summed E-state index contributed by atoms with van der Waals surface area (Å²) in [6.45, 7) is 2.27. The van der Waals surface area contributed by atoms with Crippen molar-refractivity contribution in [2.24, 2.45) is 0 Å². The fourth-order valence-corrected chi connectivity index (χ4v) is 10.4. The predicted octanol–water partition coefficient (Wildman–Crippen LogP) is 6.73. The summed E-state index contributed by atoms with van der Waals surface area (Å²) in [5.74, 6) is 1.31. The van der Waals surface area contributed by atoms with Crippen molar-refractivity contribution in [1.29, 1.82) is 0 Å². The highest BCUT2D eigenvalue weighted by Crippen LogP contribution is 2.70. The van der Waals surface area contributed by atoms with Gasteiger partial charge in [-0.15, -0.1) is 23.5 Å². The first-order valence-electron chi connectivity index (χ1n) is 15.4. The van der Waals surface area contributed by atoms with Gasteiger partial charge >= 0.3 is 0 Å². The normalized spacial score (nSPS) is 20.7. The lowest BCUT2D eigenvalue weighted by Crippen LogP contribution is -2.61. The van der Waals surface area contributed by atoms with Crippen LogP contribution < -0.4 is 18.9 Å². The van der Waals surface area contributed by atoms with Crippen LogP contribution >= 0.6 is 23.5 Å². The average Bonchev–Trinajstić information content (AvgIpc) is 3.60. The van der Waals surface area contributed by atoms with E-state index in [-0.39, 0.29) is 36.4 Å². The maximum absolute atomic E-state index is 14.7. The van der Waals surface area contributed by atoms with Crippen LogP contribution in [0.2, 0.25) is 0 Å². The van der Waals surface area contributed by atoms with Gasteiger partial charge in [-0.05, 0) is 54.4 Å². The molecule has 4 aromatic rings. The van der Waals surface area contributed by atoms with E-state index in [1.54, 1.807) is 45.5 Å². The van der Waals surface area contributed by atoms with Gasteiger partial charge in [-0.25, -0.2) is 4.39 Å². The second kappa shape index (κ2) is 13.6. The number of halogens is 1. The first-order chi connectivity index (χ1) is 23.2. The number of methoxy groups -OCH3 is 4. The number of carbonyl (C=O) groups excluding carboxylic acids is 2. The maximum atomic E-state index is 14.7. The molecule has 4 aromatic carbocycles. The fourth-order valence-electron chi connectivity index (χ4n) is 6.89. The third-order valence-corrected chi connectivity index (χ3v) is 12.0. The molecule has 2 heterocycles. The minimum atomic E-state index is -1.42. The van der Waals surface area contributed by atoms with E-state index < -0.39 is 15.6 Å². The van der Waals surface area contributed by atoms with Gasteiger partial charge in [0, 0.05) is 13.1 Å². The summed E-state index contributed by atoms with van der Waals surface area (Å²) < 4.78 is 38.9. The molecule has 0 aliphatic carbocycles. The monoisotopic (exact) mass is 688 g/mol. The van der Waals surface area contributed by atoms with Gasteiger partial charge in [0.2, 0.25) is 11.8 Å². The number of hydrogen-bond acceptors (Lipinski definition) is 8. The van der Waals surface area contributed by atoms with Crippen molar-refractivity contribution >= 4 is 35.3 Å². The summed E-state index contributed by atoms with van der Waals surface area (Å²) >= 11 is 2.79. The number of carbonyl (C=O) groups is 2. The van der Waals surface area contributed by atoms with Crippen molar-refractivity contribution in [2.75, 3.05) is 39.9 Å². The Morgan fingerprint density at radius 2 is 1.02 bits per heavy atom. The lowest BCUT2D eigenvalue weighted by Gasteiger charge is -2.54. The summed E-state index contributed by atoms with van der Waals surface area (Å²) in [7, 11) is 6.29. The molecular weight excluding hydrogens is 652 g/mol. The molecule has 11 heteroatoms. The molecule has 2 aliphatic rings. The number of ether oxygens (including phenoxy) is 4. The highest BCUT2D eigenvalue weighted by molar-refractivity contribution is 8.05. The molecule has 0 spiro atoms. The van der Waals surface area contributed by atoms with Gasteiger partial charge in [-0.1, -0.05) is 54.1 Å². The lowest BCUT2D eigenvalue weighted by atomic mass is 9.85. The number of hydrogen-bond donors (Lipinski definition) is 0. The molecule has 2 aliphatic heterocycles. The van der Waals surface area contributed by atoms with Crippen LogP contribution in [0.4, 0.5) is 4.39 Å². The molecule has 0 saturated carbocycles. The smallest absolute Gasteiger partial charge is 0.234 e. The van der Waals surface area contributed by atoms with Crippen LogP contribution in [0.3, 0.4) is 0 Å². The molecule has 2 fully saturated rings. The second-order valence-electron chi connectivity index (χ2n) is 11.5. The molecule has 0 bridgehead atoms. The van der Waals surface area contributed by atoms with E-state index in [0.717, 1.165) is 11.1 Å². The van der Waals surface area contributed by atoms with Crippen LogP contribution in [0.25, 0.3) is 0 Å². The third kappa shape index (κ3) is 5.42. The first kappa shape index (κ1) is 33.5. The van der Waals surface area contributed by atoms with Crippen LogP contribution in [0.1, 0.15) is 27.8 Å². The van der Waals surface area contributed by atoms with Crippen molar-refractivity contribution in [3.05, 3.63) is 119 Å². The van der Waals surface area contributed by atoms with Crippen molar-refractivity contribution in [1.82, 2.24) is 9.80 Å². The van der Waals surface area contributed by atoms with Gasteiger partial charge in [-0.3, -0.25) is 9.59 Å². The van der Waals surface area contributed by atoms with Gasteiger partial charge < -0.3 is 28.7 Å². The molecule has 0 aromatic heterocycles. The number of benzene rings is 4. The van der Waals surface area contributed by atoms with Gasteiger partial charge in [0.05, 0.1) is 51.1 Å². The van der Waals surface area contributed by atoms with Crippen LogP contribution in [-0.4, -0.2) is 61.6 Å². The molecule has 2 amide bonds. The summed E-state index contributed by atoms with van der Waals surface area (Å²) in [4.78, 5) is 29.7. The second-order valence-corrected chi connectivity index (χ2v) is 13.9. The fraction of sp³-hybridized carbons (Fsp3) is 0.297. The molecule has 48 heavy (non-hydrogen) atoms. The Labute approximate surface area is 288 Å². The predicted molar refractivity (Wildman–Crippen MR) is 186 cm³/mol. The average molecular weight is 689 g/mol. The minimum Gasteiger partial charge on any atom is -0.496 e. The zero-order valence-corrected chi connectivity index (χ0v) is 29.1. The zero-order chi connectivity index (χ0) is 34.1. The van der Waals surface area contributed by atoms with Crippen molar-refractivity contribution in [3.8, 4) is 23.0 Å². The Bertz CT molecular complexity index is 1680. The van der Waals surface area contributed by atoms with Crippen LogP contribution in [0, 0.1) is 12.7 Å². The number of aryl methyl sites for hydroxylation is 1. The largest absolute Gasteiger partial charge is 0.496 e. The highest BCUT2D eigenvalue weighted by atomic mass is 32.2. The Kier molecular flexibility index (Phi) is 9.53. The van der Waals surface area contributed by atoms with E-state index in [4.69, 9.17) is 18.9 Å². The molecule has 250 valence electrons. The Hall–Kier alpha value is -4.35. The summed E-state index contributed by atoms with van der Waals surface area (Å²) in [6, 6.07) is 25.2. The van der Waals surface area contributed by atoms with Gasteiger partial charge in [-0.2, -0.15) is 0 Å². The van der Waals surface area contributed by atoms with E-state index in [2.05, 4.69) is 0 Å². The molecule has 2 saturated heterocycles. The van der Waals surface area contributed by atoms with E-state index in [1.807, 2.05) is 72.5 Å². The number of amides is 2. The molecular formula is C37H37FN2O6S2. The van der Waals surface area contributed by atoms with Crippen LogP contribution in [0.5, 0.6) is 23.0 Å². The topological polar surface area (TPSA) is 77.5 Å². The van der Waals surface area contributed by atoms with Crippen LogP contribution in [0.15, 0.2) is 84.9 Å². The SMILES string of the molecule is COc1cccc(OC)c1C1(C2(c3c(OC)cccc3OC)SCC(=O)N2Cc2cccc(F)c2)SCC(=O)N1Cc1cccc(C)c1. The van der Waals surface area contributed by atoms with E-state index in [1.165, 1.54) is 35.7 Å². The van der Waals surface area contributed by atoms with E-state index in [0.29, 0.717) is 39.7 Å². The number of nitrogens with zero attached hydrogens (tertiary/aromatic N) is 2. The van der Waals surface area contributed by atoms with Gasteiger partial charge in [0.25, 0.3) is 0 Å². The molecule has 0 radical (unpaired) electrons. The standard InChI is InChI=1S/C37H37FN2O6S2/c1-24-10-6-11-25(18-24)20-39-32(41)22-47-36(39,34-28(43-2)14-8-15-29(34)44-3)37(35-30(45-4)16-9-17-31(35)46-5)40(33(42)23-48-37)21-26-12-7-13-27(38)19-26/h6-19H,20-23H2,1-5H3. The maximum Gasteiger partial charge on any atom is 0.234 e. The first-order valence-corrected chi connectivity index (χ1v) is 17.3. The summed E-state index contributed by atoms with van der Waals surface area (Å²) in [6.07, 6.45) is 0. The quantitative estimate of drug-likeness (QED) is 0.172. The number of thioether (sulfide) groups is 2. The molecule has 2 atom stereocenters. The molecule has 2 unspecified atom stereocenters. The number of rotatable bonds is 11. The van der Waals surface area contributed by atoms with E-state index >= 15 is 0 Å². The van der Waals surface area contributed by atoms with Crippen molar-refractivity contribution in [3.63, 3.8) is 0 Å². The Morgan fingerprint density at radius 1 is 0.625 bits per heavy atom. The van der Waals surface area contributed by atoms with Crippen molar-refractivity contribution < 1.29 is 32.9 Å². The van der Waals surface area contributed by atoms with Gasteiger partial charge in [0.15, 0.2) is 9.74 Å². The lowest BCUT2D eigenvalue weighted by molar-refractivity contribution is -0.141. The van der Waals surface area contributed by atoms with Crippen molar-refractivity contribution in [2.45, 2.75) is 29.8 Å². The Balaban J connectivity index is 1.78. The molecule has 8 nitrogen and oxygen atoms in total. The third-order valence-electron chi connectivity index (χ3n) is 8.82. The van der Waals surface area contributed by atoms with E-state index in [9.17, 15) is 14.0 Å². The minimum absolute atomic E-state index is 0.0387. The Morgan fingerprint density at radius 3 is 1.42 bits per heavy atom. The molecule has 0 N–H and O–H groups in total. The highest BCUT2D eigenvalue weighted by Gasteiger charge is 2.71. The zero-order valence-electron chi connectivity index (χ0n) is 27.4.